The molecule has 26 heavy (non-hydrogen) atoms. The van der Waals surface area contributed by atoms with Crippen LogP contribution in [0.5, 0.6) is 0 Å². The van der Waals surface area contributed by atoms with Gasteiger partial charge in [-0.25, -0.2) is 8.78 Å². The third kappa shape index (κ3) is 4.62. The average molecular weight is 365 g/mol. The van der Waals surface area contributed by atoms with Gasteiger partial charge >= 0.3 is 0 Å². The first-order chi connectivity index (χ1) is 12.6. The predicted octanol–water partition coefficient (Wildman–Crippen LogP) is 1.19. The maximum atomic E-state index is 13.9. The van der Waals surface area contributed by atoms with Crippen molar-refractivity contribution in [2.75, 3.05) is 51.2 Å². The van der Waals surface area contributed by atoms with E-state index in [1.807, 2.05) is 4.90 Å². The minimum absolute atomic E-state index is 0.132. The molecule has 0 radical (unpaired) electrons. The Hall–Kier alpha value is -2.38. The van der Waals surface area contributed by atoms with E-state index in [-0.39, 0.29) is 11.8 Å². The zero-order valence-electron chi connectivity index (χ0n) is 15.0. The standard InChI is InChI=1S/C18H25F2N5O/c1-21-18(23-7-6-22-17(26)13-2-3-13)25-10-8-24(9-11-25)16-12-14(19)4-5-15(16)20/h4-5,12-13H,2-3,6-11H2,1H3,(H,21,23)(H,22,26). The second-order valence-corrected chi connectivity index (χ2v) is 6.61. The topological polar surface area (TPSA) is 60.0 Å². The Morgan fingerprint density at radius 1 is 1.15 bits per heavy atom. The summed E-state index contributed by atoms with van der Waals surface area (Å²) in [5, 5.41) is 6.14. The molecule has 0 aromatic heterocycles. The summed E-state index contributed by atoms with van der Waals surface area (Å²) in [6.07, 6.45) is 1.99. The lowest BCUT2D eigenvalue weighted by Gasteiger charge is -2.37. The molecule has 1 amide bonds. The number of hydrogen-bond donors (Lipinski definition) is 2. The highest BCUT2D eigenvalue weighted by molar-refractivity contribution is 5.81. The Morgan fingerprint density at radius 3 is 2.50 bits per heavy atom. The van der Waals surface area contributed by atoms with Gasteiger partial charge in [0.25, 0.3) is 0 Å². The number of amides is 1. The second kappa shape index (κ2) is 8.33. The number of aliphatic imine (C=N–C) groups is 1. The van der Waals surface area contributed by atoms with Gasteiger partial charge in [-0.3, -0.25) is 9.79 Å². The quantitative estimate of drug-likeness (QED) is 0.468. The van der Waals surface area contributed by atoms with Gasteiger partial charge in [0.1, 0.15) is 11.6 Å². The highest BCUT2D eigenvalue weighted by atomic mass is 19.1. The molecule has 1 aromatic rings. The van der Waals surface area contributed by atoms with Crippen LogP contribution in [0.15, 0.2) is 23.2 Å². The number of nitrogens with zero attached hydrogens (tertiary/aromatic N) is 3. The summed E-state index contributed by atoms with van der Waals surface area (Å²) in [6.45, 7) is 3.64. The fraction of sp³-hybridized carbons (Fsp3) is 0.556. The Kier molecular flexibility index (Phi) is 5.90. The predicted molar refractivity (Wildman–Crippen MR) is 97.2 cm³/mol. The zero-order valence-corrected chi connectivity index (χ0v) is 15.0. The van der Waals surface area contributed by atoms with Crippen LogP contribution in [0.25, 0.3) is 0 Å². The third-order valence-electron chi connectivity index (χ3n) is 4.70. The molecule has 2 N–H and O–H groups in total. The number of piperazine rings is 1. The fourth-order valence-corrected chi connectivity index (χ4v) is 3.07. The normalized spacial score (nSPS) is 18.0. The summed E-state index contributed by atoms with van der Waals surface area (Å²) < 4.78 is 27.3. The first-order valence-electron chi connectivity index (χ1n) is 9.02. The van der Waals surface area contributed by atoms with Crippen molar-refractivity contribution < 1.29 is 13.6 Å². The van der Waals surface area contributed by atoms with Crippen molar-refractivity contribution in [1.29, 1.82) is 0 Å². The molecule has 1 saturated heterocycles. The van der Waals surface area contributed by atoms with Crippen molar-refractivity contribution in [2.24, 2.45) is 10.9 Å². The molecule has 2 aliphatic rings. The lowest BCUT2D eigenvalue weighted by Crippen LogP contribution is -2.53. The van der Waals surface area contributed by atoms with E-state index in [4.69, 9.17) is 0 Å². The summed E-state index contributed by atoms with van der Waals surface area (Å²) in [4.78, 5) is 19.8. The van der Waals surface area contributed by atoms with E-state index in [0.29, 0.717) is 45.0 Å². The number of nitrogens with one attached hydrogen (secondary N) is 2. The molecule has 3 rings (SSSR count). The molecule has 1 aliphatic carbocycles. The summed E-state index contributed by atoms with van der Waals surface area (Å²) in [6, 6.07) is 3.52. The van der Waals surface area contributed by atoms with Crippen molar-refractivity contribution in [3.63, 3.8) is 0 Å². The maximum absolute atomic E-state index is 13.9. The summed E-state index contributed by atoms with van der Waals surface area (Å²) in [5.41, 5.74) is 0.301. The summed E-state index contributed by atoms with van der Waals surface area (Å²) in [5.74, 6) is 0.256. The molecular weight excluding hydrogens is 340 g/mol. The van der Waals surface area contributed by atoms with E-state index in [0.717, 1.165) is 30.9 Å². The number of benzene rings is 1. The molecule has 2 fully saturated rings. The summed E-state index contributed by atoms with van der Waals surface area (Å²) in [7, 11) is 1.71. The highest BCUT2D eigenvalue weighted by Gasteiger charge is 2.29. The highest BCUT2D eigenvalue weighted by Crippen LogP contribution is 2.28. The Balaban J connectivity index is 1.45. The first-order valence-corrected chi connectivity index (χ1v) is 9.02. The van der Waals surface area contributed by atoms with Gasteiger partial charge in [0, 0.05) is 58.3 Å². The number of rotatable bonds is 5. The van der Waals surface area contributed by atoms with Gasteiger partial charge in [-0.05, 0) is 25.0 Å². The van der Waals surface area contributed by atoms with Crippen molar-refractivity contribution in [3.8, 4) is 0 Å². The molecule has 8 heteroatoms. The van der Waals surface area contributed by atoms with Gasteiger partial charge in [0.15, 0.2) is 5.96 Å². The number of carbonyl (C=O) groups is 1. The van der Waals surface area contributed by atoms with Crippen LogP contribution in [0, 0.1) is 17.6 Å². The minimum atomic E-state index is -0.436. The van der Waals surface area contributed by atoms with Gasteiger partial charge < -0.3 is 20.4 Å². The van der Waals surface area contributed by atoms with Crippen molar-refractivity contribution in [1.82, 2.24) is 15.5 Å². The average Bonchev–Trinajstić information content (AvgIpc) is 3.49. The van der Waals surface area contributed by atoms with Crippen LogP contribution in [0.2, 0.25) is 0 Å². The Labute approximate surface area is 152 Å². The molecule has 1 heterocycles. The van der Waals surface area contributed by atoms with E-state index >= 15 is 0 Å². The summed E-state index contributed by atoms with van der Waals surface area (Å²) >= 11 is 0. The van der Waals surface area contributed by atoms with Gasteiger partial charge in [-0.2, -0.15) is 0 Å². The monoisotopic (exact) mass is 365 g/mol. The van der Waals surface area contributed by atoms with Crippen molar-refractivity contribution >= 4 is 17.6 Å². The number of anilines is 1. The number of hydrogen-bond acceptors (Lipinski definition) is 3. The molecule has 1 saturated carbocycles. The van der Waals surface area contributed by atoms with Gasteiger partial charge in [0.05, 0.1) is 5.69 Å². The van der Waals surface area contributed by atoms with E-state index in [1.165, 1.54) is 6.07 Å². The molecule has 0 atom stereocenters. The first kappa shape index (κ1) is 18.4. The lowest BCUT2D eigenvalue weighted by atomic mass is 10.2. The molecule has 0 unspecified atom stereocenters. The minimum Gasteiger partial charge on any atom is -0.366 e. The third-order valence-corrected chi connectivity index (χ3v) is 4.70. The number of carbonyl (C=O) groups excluding carboxylic acids is 1. The zero-order chi connectivity index (χ0) is 18.5. The van der Waals surface area contributed by atoms with E-state index in [9.17, 15) is 13.6 Å². The van der Waals surface area contributed by atoms with Gasteiger partial charge in [-0.15, -0.1) is 0 Å². The van der Waals surface area contributed by atoms with Crippen LogP contribution in [0.3, 0.4) is 0 Å². The molecule has 1 aliphatic heterocycles. The van der Waals surface area contributed by atoms with E-state index in [1.54, 1.807) is 7.05 Å². The second-order valence-electron chi connectivity index (χ2n) is 6.61. The smallest absolute Gasteiger partial charge is 0.223 e. The molecule has 142 valence electrons. The van der Waals surface area contributed by atoms with Crippen LogP contribution < -0.4 is 15.5 Å². The molecule has 0 spiro atoms. The van der Waals surface area contributed by atoms with Crippen LogP contribution in [0.1, 0.15) is 12.8 Å². The van der Waals surface area contributed by atoms with E-state index in [2.05, 4.69) is 20.5 Å². The van der Waals surface area contributed by atoms with Crippen LogP contribution in [-0.4, -0.2) is 63.1 Å². The largest absolute Gasteiger partial charge is 0.366 e. The van der Waals surface area contributed by atoms with Crippen molar-refractivity contribution in [2.45, 2.75) is 12.8 Å². The van der Waals surface area contributed by atoms with Crippen LogP contribution in [0.4, 0.5) is 14.5 Å². The molecule has 0 bridgehead atoms. The van der Waals surface area contributed by atoms with Crippen LogP contribution >= 0.6 is 0 Å². The SMILES string of the molecule is CN=C(NCCNC(=O)C1CC1)N1CCN(c2cc(F)ccc2F)CC1. The Morgan fingerprint density at radius 2 is 1.85 bits per heavy atom. The number of halogens is 2. The lowest BCUT2D eigenvalue weighted by molar-refractivity contribution is -0.122. The van der Waals surface area contributed by atoms with Gasteiger partial charge in [-0.1, -0.05) is 0 Å². The molecular formula is C18H25F2N5O. The van der Waals surface area contributed by atoms with Gasteiger partial charge in [0.2, 0.25) is 5.91 Å². The molecule has 6 nitrogen and oxygen atoms in total. The number of guanidine groups is 1. The van der Waals surface area contributed by atoms with Crippen LogP contribution in [-0.2, 0) is 4.79 Å². The van der Waals surface area contributed by atoms with Crippen molar-refractivity contribution in [3.05, 3.63) is 29.8 Å². The maximum Gasteiger partial charge on any atom is 0.223 e. The Bertz CT molecular complexity index is 670. The fourth-order valence-electron chi connectivity index (χ4n) is 3.07. The van der Waals surface area contributed by atoms with E-state index < -0.39 is 11.6 Å². The molecule has 1 aromatic carbocycles.